The molecule has 1 atom stereocenters. The van der Waals surface area contributed by atoms with Gasteiger partial charge in [0.05, 0.1) is 0 Å². The van der Waals surface area contributed by atoms with E-state index in [1.807, 2.05) is 0 Å². The predicted octanol–water partition coefficient (Wildman–Crippen LogP) is -2.14. The summed E-state index contributed by atoms with van der Waals surface area (Å²) in [6.45, 7) is 2.42. The summed E-state index contributed by atoms with van der Waals surface area (Å²) in [5.74, 6) is 0. The Morgan fingerprint density at radius 1 is 1.17 bits per heavy atom. The second-order valence-electron chi connectivity index (χ2n) is 4.57. The van der Waals surface area contributed by atoms with Gasteiger partial charge in [-0.1, -0.05) is 0 Å². The number of allylic oxidation sites excluding steroid dienone is 5. The first-order valence-electron chi connectivity index (χ1n) is 5.71. The molecule has 0 aromatic heterocycles. The first-order chi connectivity index (χ1) is 7.78. The van der Waals surface area contributed by atoms with Crippen molar-refractivity contribution in [2.75, 3.05) is 0 Å². The minimum Gasteiger partial charge on any atom is -1.00 e. The van der Waals surface area contributed by atoms with Crippen molar-refractivity contribution in [1.29, 1.82) is 0 Å². The van der Waals surface area contributed by atoms with E-state index in [-0.39, 0.29) is 24.8 Å². The van der Waals surface area contributed by atoms with E-state index in [1.165, 1.54) is 12.0 Å². The molecule has 3 heteroatoms. The minimum absolute atomic E-state index is 0. The zero-order valence-electron chi connectivity index (χ0n) is 10.2. The topological polar surface area (TPSA) is 0 Å². The second kappa shape index (κ2) is 6.37. The molecule has 0 N–H and O–H groups in total. The van der Waals surface area contributed by atoms with E-state index in [1.54, 1.807) is 8.84 Å². The predicted molar refractivity (Wildman–Crippen MR) is 64.7 cm³/mol. The fourth-order valence-electron chi connectivity index (χ4n) is 2.44. The van der Waals surface area contributed by atoms with Gasteiger partial charge in [-0.15, -0.1) is 0 Å². The van der Waals surface area contributed by atoms with Gasteiger partial charge in [0, 0.05) is 0 Å². The van der Waals surface area contributed by atoms with E-state index in [4.69, 9.17) is 0 Å². The molecule has 1 unspecified atom stereocenters. The number of hydrogen-bond donors (Lipinski definition) is 0. The molecule has 0 amide bonds. The normalized spacial score (nSPS) is 22.6. The van der Waals surface area contributed by atoms with Gasteiger partial charge in [0.15, 0.2) is 0 Å². The minimum atomic E-state index is -0.537. The van der Waals surface area contributed by atoms with E-state index >= 15 is 0 Å². The van der Waals surface area contributed by atoms with Crippen LogP contribution < -0.4 is 24.8 Å². The number of benzene rings is 1. The molecule has 0 spiro atoms. The Hall–Kier alpha value is -0.0969. The summed E-state index contributed by atoms with van der Waals surface area (Å²) in [5, 5.41) is 0. The fourth-order valence-corrected chi connectivity index (χ4v) is 6.37. The van der Waals surface area contributed by atoms with Gasteiger partial charge >= 0.3 is 109 Å². The van der Waals surface area contributed by atoms with Crippen LogP contribution in [0.25, 0.3) is 6.08 Å². The van der Waals surface area contributed by atoms with Gasteiger partial charge in [0.25, 0.3) is 0 Å². The van der Waals surface area contributed by atoms with Crippen LogP contribution in [0.5, 0.6) is 0 Å². The maximum absolute atomic E-state index is 2.43. The molecule has 0 bridgehead atoms. The average molecular weight is 356 g/mol. The summed E-state index contributed by atoms with van der Waals surface area (Å²) in [5.41, 5.74) is 2.98. The first kappa shape index (κ1) is 16.0. The molecular formula is C15H14Cl2Zr. The maximum atomic E-state index is 2.43. The van der Waals surface area contributed by atoms with Crippen LogP contribution in [-0.4, -0.2) is 0 Å². The van der Waals surface area contributed by atoms with Gasteiger partial charge in [-0.3, -0.25) is 0 Å². The summed E-state index contributed by atoms with van der Waals surface area (Å²) in [7, 11) is 0. The summed E-state index contributed by atoms with van der Waals surface area (Å²) >= 11 is -0.537. The van der Waals surface area contributed by atoms with Gasteiger partial charge in [0.1, 0.15) is 0 Å². The quantitative estimate of drug-likeness (QED) is 0.568. The summed E-state index contributed by atoms with van der Waals surface area (Å²) in [6.07, 6.45) is 12.8. The maximum Gasteiger partial charge on any atom is -1.00 e. The van der Waals surface area contributed by atoms with Crippen LogP contribution in [0.3, 0.4) is 0 Å². The number of halogens is 2. The SMILES string of the molecule is C[C]1([Zr+2][C]2=CC=CC2)C=Cc2ccccc21.[Cl-].[Cl-]. The molecule has 0 heterocycles. The smallest absolute Gasteiger partial charge is 1.00 e. The van der Waals surface area contributed by atoms with Gasteiger partial charge in [-0.05, 0) is 0 Å². The molecule has 0 aliphatic heterocycles. The molecule has 1 aromatic carbocycles. The van der Waals surface area contributed by atoms with Crippen molar-refractivity contribution in [2.45, 2.75) is 16.5 Å². The zero-order chi connectivity index (χ0) is 11.0. The van der Waals surface area contributed by atoms with Crippen LogP contribution in [0.4, 0.5) is 0 Å². The fraction of sp³-hybridized carbons (Fsp3) is 0.200. The molecule has 0 nitrogen and oxygen atoms in total. The molecule has 2 aliphatic rings. The number of rotatable bonds is 2. The molecule has 0 radical (unpaired) electrons. The second-order valence-corrected chi connectivity index (χ2v) is 9.32. The number of fused-ring (bicyclic) bond motifs is 1. The largest absolute Gasteiger partial charge is 1.00 e. The van der Waals surface area contributed by atoms with Crippen LogP contribution in [0.15, 0.2) is 51.9 Å². The average Bonchev–Trinajstić information content (AvgIpc) is 2.89. The molecule has 0 saturated heterocycles. The van der Waals surface area contributed by atoms with Crippen molar-refractivity contribution in [3.8, 4) is 0 Å². The third-order valence-corrected chi connectivity index (χ3v) is 7.36. The van der Waals surface area contributed by atoms with Gasteiger partial charge in [-0.25, -0.2) is 0 Å². The van der Waals surface area contributed by atoms with Crippen LogP contribution in [-0.2, 0) is 26.4 Å². The third-order valence-electron chi connectivity index (χ3n) is 3.31. The van der Waals surface area contributed by atoms with E-state index in [9.17, 15) is 0 Å². The molecular weight excluding hydrogens is 342 g/mol. The third kappa shape index (κ3) is 2.90. The molecule has 18 heavy (non-hydrogen) atoms. The summed E-state index contributed by atoms with van der Waals surface area (Å²) in [4.78, 5) is 0. The Bertz CT molecular complexity index is 517. The van der Waals surface area contributed by atoms with Crippen LogP contribution >= 0.6 is 0 Å². The Kier molecular flexibility index (Phi) is 5.65. The Labute approximate surface area is 133 Å². The van der Waals surface area contributed by atoms with Crippen LogP contribution in [0.2, 0.25) is 0 Å². The standard InChI is InChI=1S/C10H9.C5H5.2ClH.Zr/c1-8-6-7-9-4-2-3-5-10(8)9;1-2-4-5-3-1;;;/h2-7H,1H3;1-3H,4H2;2*1H;/q;;;;+2/p-2. The monoisotopic (exact) mass is 354 g/mol. The van der Waals surface area contributed by atoms with Gasteiger partial charge in [-0.2, -0.15) is 0 Å². The molecule has 92 valence electrons. The Morgan fingerprint density at radius 2 is 1.94 bits per heavy atom. The van der Waals surface area contributed by atoms with Crippen molar-refractivity contribution in [3.05, 3.63) is 63.0 Å². The van der Waals surface area contributed by atoms with Crippen molar-refractivity contribution in [2.24, 2.45) is 0 Å². The first-order valence-corrected chi connectivity index (χ1v) is 8.16. The van der Waals surface area contributed by atoms with Crippen molar-refractivity contribution in [1.82, 2.24) is 0 Å². The molecule has 1 aromatic rings. The van der Waals surface area contributed by atoms with Crippen molar-refractivity contribution >= 4 is 6.08 Å². The van der Waals surface area contributed by atoms with E-state index in [2.05, 4.69) is 61.6 Å². The Balaban J connectivity index is 0.000000810. The van der Waals surface area contributed by atoms with Crippen LogP contribution in [0.1, 0.15) is 24.5 Å². The number of hydrogen-bond acceptors (Lipinski definition) is 0. The van der Waals surface area contributed by atoms with E-state index in [0.29, 0.717) is 3.12 Å². The van der Waals surface area contributed by atoms with Gasteiger partial charge in [0.2, 0.25) is 0 Å². The van der Waals surface area contributed by atoms with Crippen LogP contribution in [0, 0.1) is 0 Å². The zero-order valence-corrected chi connectivity index (χ0v) is 14.1. The molecule has 3 rings (SSSR count). The van der Waals surface area contributed by atoms with Crippen molar-refractivity contribution in [3.63, 3.8) is 0 Å². The summed E-state index contributed by atoms with van der Waals surface area (Å²) < 4.78 is 2.09. The molecule has 0 fully saturated rings. The van der Waals surface area contributed by atoms with Gasteiger partial charge < -0.3 is 24.8 Å². The Morgan fingerprint density at radius 3 is 2.67 bits per heavy atom. The van der Waals surface area contributed by atoms with E-state index in [0.717, 1.165) is 0 Å². The van der Waals surface area contributed by atoms with Crippen molar-refractivity contribution < 1.29 is 48.0 Å². The molecule has 2 aliphatic carbocycles. The summed E-state index contributed by atoms with van der Waals surface area (Å²) in [6, 6.07) is 8.85. The molecule has 0 saturated carbocycles. The van der Waals surface area contributed by atoms with E-state index < -0.39 is 23.2 Å².